The molecule has 106 valence electrons. The summed E-state index contributed by atoms with van der Waals surface area (Å²) in [5.41, 5.74) is 4.20. The van der Waals surface area contributed by atoms with Gasteiger partial charge in [0.25, 0.3) is 0 Å². The van der Waals surface area contributed by atoms with Crippen LogP contribution in [0.5, 0.6) is 5.75 Å². The maximum absolute atomic E-state index is 9.89. The Kier molecular flexibility index (Phi) is 3.52. The second-order valence-electron chi connectivity index (χ2n) is 5.52. The van der Waals surface area contributed by atoms with Gasteiger partial charge in [0.15, 0.2) is 0 Å². The Bertz CT molecular complexity index is 625. The molecule has 1 heterocycles. The fraction of sp³-hybridized carbons (Fsp3) is 0.438. The normalized spacial score (nSPS) is 18.1. The molecule has 3 nitrogen and oxygen atoms in total. The van der Waals surface area contributed by atoms with Gasteiger partial charge in [-0.25, -0.2) is 4.98 Å². The fourth-order valence-corrected chi connectivity index (χ4v) is 4.14. The van der Waals surface area contributed by atoms with Crippen LogP contribution in [0.2, 0.25) is 0 Å². The Hall–Kier alpha value is -1.39. The Labute approximate surface area is 123 Å². The van der Waals surface area contributed by atoms with Crippen LogP contribution in [0, 0.1) is 13.8 Å². The molecule has 0 radical (unpaired) electrons. The highest BCUT2D eigenvalue weighted by Gasteiger charge is 2.23. The van der Waals surface area contributed by atoms with E-state index in [0.29, 0.717) is 11.8 Å². The van der Waals surface area contributed by atoms with E-state index >= 15 is 0 Å². The van der Waals surface area contributed by atoms with Crippen molar-refractivity contribution in [3.05, 3.63) is 33.8 Å². The quantitative estimate of drug-likeness (QED) is 0.885. The van der Waals surface area contributed by atoms with E-state index < -0.39 is 0 Å². The number of benzene rings is 1. The molecule has 1 unspecified atom stereocenters. The molecule has 3 rings (SSSR count). The van der Waals surface area contributed by atoms with Crippen LogP contribution in [0.4, 0.5) is 0 Å². The Morgan fingerprint density at radius 2 is 2.00 bits per heavy atom. The van der Waals surface area contributed by atoms with Crippen molar-refractivity contribution in [1.29, 1.82) is 0 Å². The SMILES string of the molecule is CNC1CCCc2nc(-c3cc(C)c(O)c(C)c3)sc21. The van der Waals surface area contributed by atoms with Gasteiger partial charge < -0.3 is 10.4 Å². The maximum Gasteiger partial charge on any atom is 0.123 e. The molecule has 0 bridgehead atoms. The van der Waals surface area contributed by atoms with Gasteiger partial charge in [0.2, 0.25) is 0 Å². The number of hydrogen-bond acceptors (Lipinski definition) is 4. The first kappa shape index (κ1) is 13.6. The van der Waals surface area contributed by atoms with Crippen molar-refractivity contribution >= 4 is 11.3 Å². The largest absolute Gasteiger partial charge is 0.507 e. The topological polar surface area (TPSA) is 45.2 Å². The van der Waals surface area contributed by atoms with Crippen molar-refractivity contribution in [2.75, 3.05) is 7.05 Å². The molecule has 2 aromatic rings. The molecule has 0 spiro atoms. The van der Waals surface area contributed by atoms with Crippen LogP contribution in [0.25, 0.3) is 10.6 Å². The van der Waals surface area contributed by atoms with Gasteiger partial charge >= 0.3 is 0 Å². The summed E-state index contributed by atoms with van der Waals surface area (Å²) in [5, 5.41) is 14.4. The lowest BCUT2D eigenvalue weighted by Crippen LogP contribution is -2.19. The fourth-order valence-electron chi connectivity index (χ4n) is 2.90. The summed E-state index contributed by atoms with van der Waals surface area (Å²) in [7, 11) is 2.02. The van der Waals surface area contributed by atoms with E-state index in [1.54, 1.807) is 11.3 Å². The molecule has 0 amide bonds. The van der Waals surface area contributed by atoms with E-state index in [0.717, 1.165) is 28.1 Å². The van der Waals surface area contributed by atoms with Gasteiger partial charge in [-0.3, -0.25) is 0 Å². The molecule has 2 N–H and O–H groups in total. The molecular formula is C16H20N2OS. The summed E-state index contributed by atoms with van der Waals surface area (Å²) < 4.78 is 0. The summed E-state index contributed by atoms with van der Waals surface area (Å²) in [4.78, 5) is 6.21. The highest BCUT2D eigenvalue weighted by Crippen LogP contribution is 2.39. The molecule has 1 aliphatic rings. The van der Waals surface area contributed by atoms with Gasteiger partial charge in [-0.2, -0.15) is 0 Å². The van der Waals surface area contributed by atoms with Gasteiger partial charge in [-0.1, -0.05) is 0 Å². The first-order valence-corrected chi connectivity index (χ1v) is 7.89. The predicted molar refractivity (Wildman–Crippen MR) is 83.4 cm³/mol. The third-order valence-electron chi connectivity index (χ3n) is 4.04. The highest BCUT2D eigenvalue weighted by atomic mass is 32.1. The number of aryl methyl sites for hydroxylation is 3. The van der Waals surface area contributed by atoms with Gasteiger partial charge in [-0.05, 0) is 63.4 Å². The van der Waals surface area contributed by atoms with Crippen molar-refractivity contribution in [2.24, 2.45) is 0 Å². The molecule has 0 saturated heterocycles. The molecule has 1 aliphatic carbocycles. The summed E-state index contributed by atoms with van der Waals surface area (Å²) >= 11 is 1.79. The number of thiazole rings is 1. The molecule has 0 fully saturated rings. The molecule has 1 atom stereocenters. The number of phenols is 1. The van der Waals surface area contributed by atoms with Crippen LogP contribution in [-0.2, 0) is 6.42 Å². The molecule has 1 aromatic carbocycles. The first-order chi connectivity index (χ1) is 9.60. The smallest absolute Gasteiger partial charge is 0.123 e. The van der Waals surface area contributed by atoms with Gasteiger partial charge in [0, 0.05) is 16.5 Å². The number of aromatic hydroxyl groups is 1. The van der Waals surface area contributed by atoms with Crippen molar-refractivity contribution in [3.8, 4) is 16.3 Å². The Morgan fingerprint density at radius 1 is 1.30 bits per heavy atom. The lowest BCUT2D eigenvalue weighted by atomic mass is 9.98. The minimum absolute atomic E-state index is 0.392. The lowest BCUT2D eigenvalue weighted by molar-refractivity contribution is 0.467. The van der Waals surface area contributed by atoms with Crippen LogP contribution in [0.15, 0.2) is 12.1 Å². The number of rotatable bonds is 2. The molecular weight excluding hydrogens is 268 g/mol. The van der Waals surface area contributed by atoms with Crippen molar-refractivity contribution in [3.63, 3.8) is 0 Å². The van der Waals surface area contributed by atoms with Crippen LogP contribution in [-0.4, -0.2) is 17.1 Å². The van der Waals surface area contributed by atoms with E-state index in [1.807, 2.05) is 33.0 Å². The van der Waals surface area contributed by atoms with Gasteiger partial charge in [0.05, 0.1) is 5.69 Å². The minimum Gasteiger partial charge on any atom is -0.507 e. The molecule has 1 aromatic heterocycles. The van der Waals surface area contributed by atoms with Crippen LogP contribution >= 0.6 is 11.3 Å². The average Bonchev–Trinajstić information content (AvgIpc) is 2.88. The van der Waals surface area contributed by atoms with E-state index in [1.165, 1.54) is 23.4 Å². The van der Waals surface area contributed by atoms with Gasteiger partial charge in [-0.15, -0.1) is 11.3 Å². The zero-order valence-corrected chi connectivity index (χ0v) is 13.0. The van der Waals surface area contributed by atoms with E-state index in [-0.39, 0.29) is 0 Å². The summed E-state index contributed by atoms with van der Waals surface area (Å²) in [6, 6.07) is 4.51. The van der Waals surface area contributed by atoms with E-state index in [9.17, 15) is 5.11 Å². The summed E-state index contributed by atoms with van der Waals surface area (Å²) in [6.45, 7) is 3.88. The lowest BCUT2D eigenvalue weighted by Gasteiger charge is -2.19. The molecule has 0 saturated carbocycles. The zero-order valence-electron chi connectivity index (χ0n) is 12.2. The van der Waals surface area contributed by atoms with E-state index in [2.05, 4.69) is 5.32 Å². The van der Waals surface area contributed by atoms with Crippen LogP contribution in [0.1, 0.15) is 40.6 Å². The minimum atomic E-state index is 0.392. The second-order valence-corrected chi connectivity index (χ2v) is 6.55. The standard InChI is InChI=1S/C16H20N2OS/c1-9-7-11(8-10(2)14(9)19)16-18-13-6-4-5-12(17-3)15(13)20-16/h7-8,12,17,19H,4-6H2,1-3H3. The first-order valence-electron chi connectivity index (χ1n) is 7.07. The van der Waals surface area contributed by atoms with Gasteiger partial charge in [0.1, 0.15) is 10.8 Å². The summed E-state index contributed by atoms with van der Waals surface area (Å²) in [6.07, 6.45) is 3.48. The molecule has 0 aliphatic heterocycles. The third-order valence-corrected chi connectivity index (χ3v) is 5.30. The number of hydrogen-bond donors (Lipinski definition) is 2. The number of nitrogens with zero attached hydrogens (tertiary/aromatic N) is 1. The third kappa shape index (κ3) is 2.23. The zero-order chi connectivity index (χ0) is 14.3. The summed E-state index contributed by atoms with van der Waals surface area (Å²) in [5.74, 6) is 0.392. The van der Waals surface area contributed by atoms with Crippen molar-refractivity contribution < 1.29 is 5.11 Å². The maximum atomic E-state index is 9.89. The van der Waals surface area contributed by atoms with E-state index in [4.69, 9.17) is 4.98 Å². The van der Waals surface area contributed by atoms with Crippen molar-refractivity contribution in [2.45, 2.75) is 39.2 Å². The number of phenolic OH excluding ortho intramolecular Hbond substituents is 1. The second kappa shape index (κ2) is 5.19. The number of fused-ring (bicyclic) bond motifs is 1. The average molecular weight is 288 g/mol. The van der Waals surface area contributed by atoms with Crippen LogP contribution in [0.3, 0.4) is 0 Å². The monoisotopic (exact) mass is 288 g/mol. The molecule has 20 heavy (non-hydrogen) atoms. The number of nitrogens with one attached hydrogen (secondary N) is 1. The highest BCUT2D eigenvalue weighted by molar-refractivity contribution is 7.15. The Balaban J connectivity index is 2.06. The van der Waals surface area contributed by atoms with Crippen molar-refractivity contribution in [1.82, 2.24) is 10.3 Å². The molecule has 4 heteroatoms. The Morgan fingerprint density at radius 3 is 2.65 bits per heavy atom. The number of aromatic nitrogens is 1. The predicted octanol–water partition coefficient (Wildman–Crippen LogP) is 3.73. The van der Waals surface area contributed by atoms with Crippen LogP contribution < -0.4 is 5.32 Å².